The van der Waals surface area contributed by atoms with Crippen molar-refractivity contribution in [1.82, 2.24) is 19.9 Å². The second kappa shape index (κ2) is 6.60. The second-order valence-electron chi connectivity index (χ2n) is 5.67. The van der Waals surface area contributed by atoms with Crippen molar-refractivity contribution in [3.8, 4) is 11.4 Å². The minimum atomic E-state index is -0.121. The molecule has 0 atom stereocenters. The van der Waals surface area contributed by atoms with Gasteiger partial charge in [-0.1, -0.05) is 30.3 Å². The summed E-state index contributed by atoms with van der Waals surface area (Å²) in [5, 5.41) is 11.2. The van der Waals surface area contributed by atoms with Crippen molar-refractivity contribution in [2.75, 3.05) is 6.54 Å². The third kappa shape index (κ3) is 3.14. The summed E-state index contributed by atoms with van der Waals surface area (Å²) in [6, 6.07) is 15.4. The molecule has 1 N–H and O–H groups in total. The topological polar surface area (TPSA) is 72.4 Å². The number of fused-ring (bicyclic) bond motifs is 1. The standard InChI is InChI=1S/C19H16N4O2/c24-19(20-10-8-14-4-2-1-3-5-14)15-6-7-17-21-22-18(23(17)12-15)16-9-11-25-13-16/h1-7,9,11-13H,8,10H2,(H,20,24). The molecule has 6 nitrogen and oxygen atoms in total. The predicted octanol–water partition coefficient (Wildman–Crippen LogP) is 2.96. The molecule has 0 saturated carbocycles. The number of nitrogens with zero attached hydrogens (tertiary/aromatic N) is 3. The third-order valence-electron chi connectivity index (χ3n) is 3.99. The zero-order chi connectivity index (χ0) is 17.1. The Kier molecular flexibility index (Phi) is 4.00. The van der Waals surface area contributed by atoms with Gasteiger partial charge in [0, 0.05) is 12.7 Å². The average Bonchev–Trinajstić information content (AvgIpc) is 3.31. The molecule has 3 aromatic heterocycles. The molecule has 1 amide bonds. The van der Waals surface area contributed by atoms with Gasteiger partial charge in [-0.15, -0.1) is 10.2 Å². The number of furan rings is 1. The molecule has 124 valence electrons. The number of amides is 1. The highest BCUT2D eigenvalue weighted by atomic mass is 16.3. The lowest BCUT2D eigenvalue weighted by molar-refractivity contribution is 0.0953. The third-order valence-corrected chi connectivity index (χ3v) is 3.99. The molecule has 6 heteroatoms. The van der Waals surface area contributed by atoms with Gasteiger partial charge in [0.2, 0.25) is 0 Å². The number of benzene rings is 1. The van der Waals surface area contributed by atoms with Crippen molar-refractivity contribution in [2.24, 2.45) is 0 Å². The van der Waals surface area contributed by atoms with Crippen LogP contribution in [0.5, 0.6) is 0 Å². The summed E-state index contributed by atoms with van der Waals surface area (Å²) in [5.41, 5.74) is 3.25. The van der Waals surface area contributed by atoms with E-state index in [1.807, 2.05) is 36.4 Å². The molecule has 0 aliphatic heterocycles. The largest absolute Gasteiger partial charge is 0.472 e. The Morgan fingerprint density at radius 1 is 1.08 bits per heavy atom. The predicted molar refractivity (Wildman–Crippen MR) is 93.2 cm³/mol. The quantitative estimate of drug-likeness (QED) is 0.610. The molecular formula is C19H16N4O2. The molecule has 25 heavy (non-hydrogen) atoms. The first-order valence-corrected chi connectivity index (χ1v) is 8.01. The Morgan fingerprint density at radius 2 is 1.96 bits per heavy atom. The number of pyridine rings is 1. The summed E-state index contributed by atoms with van der Waals surface area (Å²) in [4.78, 5) is 12.4. The van der Waals surface area contributed by atoms with Gasteiger partial charge in [0.25, 0.3) is 5.91 Å². The highest BCUT2D eigenvalue weighted by Crippen LogP contribution is 2.19. The van der Waals surface area contributed by atoms with E-state index >= 15 is 0 Å². The van der Waals surface area contributed by atoms with Crippen molar-refractivity contribution in [2.45, 2.75) is 6.42 Å². The second-order valence-corrected chi connectivity index (χ2v) is 5.67. The summed E-state index contributed by atoms with van der Waals surface area (Å²) in [5.74, 6) is 0.521. The van der Waals surface area contributed by atoms with E-state index in [-0.39, 0.29) is 5.91 Å². The van der Waals surface area contributed by atoms with Crippen molar-refractivity contribution in [1.29, 1.82) is 0 Å². The number of carbonyl (C=O) groups is 1. The van der Waals surface area contributed by atoms with Crippen LogP contribution < -0.4 is 5.32 Å². The lowest BCUT2D eigenvalue weighted by Gasteiger charge is -2.06. The molecule has 0 radical (unpaired) electrons. The molecule has 0 aliphatic rings. The first-order chi connectivity index (χ1) is 12.3. The van der Waals surface area contributed by atoms with E-state index in [1.54, 1.807) is 35.3 Å². The van der Waals surface area contributed by atoms with Gasteiger partial charge in [0.15, 0.2) is 11.5 Å². The average molecular weight is 332 g/mol. The number of hydrogen-bond donors (Lipinski definition) is 1. The van der Waals surface area contributed by atoms with Crippen molar-refractivity contribution < 1.29 is 9.21 Å². The Morgan fingerprint density at radius 3 is 2.76 bits per heavy atom. The fraction of sp³-hybridized carbons (Fsp3) is 0.105. The van der Waals surface area contributed by atoms with Crippen LogP contribution in [-0.4, -0.2) is 27.0 Å². The van der Waals surface area contributed by atoms with Crippen LogP contribution in [0, 0.1) is 0 Å². The van der Waals surface area contributed by atoms with Crippen molar-refractivity contribution in [3.63, 3.8) is 0 Å². The van der Waals surface area contributed by atoms with Gasteiger partial charge in [-0.3, -0.25) is 9.20 Å². The highest BCUT2D eigenvalue weighted by molar-refractivity contribution is 5.94. The summed E-state index contributed by atoms with van der Waals surface area (Å²) in [6.45, 7) is 0.581. The zero-order valence-corrected chi connectivity index (χ0v) is 13.4. The molecule has 0 fully saturated rings. The van der Waals surface area contributed by atoms with Crippen LogP contribution >= 0.6 is 0 Å². The smallest absolute Gasteiger partial charge is 0.252 e. The molecular weight excluding hydrogens is 316 g/mol. The van der Waals surface area contributed by atoms with Crippen LogP contribution in [0.1, 0.15) is 15.9 Å². The van der Waals surface area contributed by atoms with Crippen LogP contribution in [-0.2, 0) is 6.42 Å². The van der Waals surface area contributed by atoms with Crippen LogP contribution in [0.25, 0.3) is 17.0 Å². The van der Waals surface area contributed by atoms with E-state index in [0.717, 1.165) is 12.0 Å². The minimum Gasteiger partial charge on any atom is -0.472 e. The van der Waals surface area contributed by atoms with E-state index in [2.05, 4.69) is 15.5 Å². The first kappa shape index (κ1) is 15.1. The zero-order valence-electron chi connectivity index (χ0n) is 13.4. The molecule has 4 rings (SSSR count). The van der Waals surface area contributed by atoms with Gasteiger partial charge in [-0.05, 0) is 30.2 Å². The van der Waals surface area contributed by atoms with Gasteiger partial charge in [-0.25, -0.2) is 0 Å². The Labute approximate surface area is 144 Å². The number of carbonyl (C=O) groups excluding carboxylic acids is 1. The number of nitrogens with one attached hydrogen (secondary N) is 1. The van der Waals surface area contributed by atoms with E-state index in [9.17, 15) is 4.79 Å². The van der Waals surface area contributed by atoms with Crippen LogP contribution in [0.4, 0.5) is 0 Å². The lowest BCUT2D eigenvalue weighted by Crippen LogP contribution is -2.25. The van der Waals surface area contributed by atoms with E-state index < -0.39 is 0 Å². The maximum Gasteiger partial charge on any atom is 0.252 e. The number of hydrogen-bond acceptors (Lipinski definition) is 4. The highest BCUT2D eigenvalue weighted by Gasteiger charge is 2.12. The van der Waals surface area contributed by atoms with Crippen molar-refractivity contribution in [3.05, 3.63) is 78.4 Å². The molecule has 0 aliphatic carbocycles. The van der Waals surface area contributed by atoms with Crippen molar-refractivity contribution >= 4 is 11.6 Å². The summed E-state index contributed by atoms with van der Waals surface area (Å²) >= 11 is 0. The van der Waals surface area contributed by atoms with Gasteiger partial charge in [0.05, 0.1) is 17.4 Å². The Balaban J connectivity index is 1.51. The SMILES string of the molecule is O=C(NCCc1ccccc1)c1ccc2nnc(-c3ccoc3)n2c1. The normalized spacial score (nSPS) is 10.9. The summed E-state index contributed by atoms with van der Waals surface area (Å²) < 4.78 is 6.89. The Bertz CT molecular complexity index is 991. The van der Waals surface area contributed by atoms with Crippen LogP contribution in [0.3, 0.4) is 0 Å². The van der Waals surface area contributed by atoms with Crippen LogP contribution in [0.15, 0.2) is 71.7 Å². The Hall–Kier alpha value is -3.41. The number of rotatable bonds is 5. The molecule has 3 heterocycles. The fourth-order valence-corrected chi connectivity index (χ4v) is 2.68. The maximum absolute atomic E-state index is 12.4. The summed E-state index contributed by atoms with van der Waals surface area (Å²) in [7, 11) is 0. The monoisotopic (exact) mass is 332 g/mol. The van der Waals surface area contributed by atoms with E-state index in [4.69, 9.17) is 4.42 Å². The van der Waals surface area contributed by atoms with Gasteiger partial charge >= 0.3 is 0 Å². The molecule has 0 saturated heterocycles. The molecule has 4 aromatic rings. The lowest BCUT2D eigenvalue weighted by atomic mass is 10.1. The molecule has 0 unspecified atom stereocenters. The van der Waals surface area contributed by atoms with Gasteiger partial charge < -0.3 is 9.73 Å². The van der Waals surface area contributed by atoms with Gasteiger partial charge in [-0.2, -0.15) is 0 Å². The number of aromatic nitrogens is 3. The van der Waals surface area contributed by atoms with E-state index in [0.29, 0.717) is 23.6 Å². The maximum atomic E-state index is 12.4. The van der Waals surface area contributed by atoms with Crippen LogP contribution in [0.2, 0.25) is 0 Å². The van der Waals surface area contributed by atoms with Gasteiger partial charge in [0.1, 0.15) is 6.26 Å². The van der Waals surface area contributed by atoms with E-state index in [1.165, 1.54) is 5.56 Å². The minimum absolute atomic E-state index is 0.121. The molecule has 1 aromatic carbocycles. The molecule has 0 bridgehead atoms. The summed E-state index contributed by atoms with van der Waals surface area (Å²) in [6.07, 6.45) is 5.72. The fourth-order valence-electron chi connectivity index (χ4n) is 2.68. The first-order valence-electron chi connectivity index (χ1n) is 8.01. The molecule has 0 spiro atoms.